The molecular formula is C23H26Cl2N4O3. The molecule has 7 nitrogen and oxygen atoms in total. The highest BCUT2D eigenvalue weighted by atomic mass is 35.5. The van der Waals surface area contributed by atoms with E-state index < -0.39 is 5.91 Å². The van der Waals surface area contributed by atoms with Crippen molar-refractivity contribution in [2.24, 2.45) is 0 Å². The normalized spacial score (nSPS) is 13.7. The van der Waals surface area contributed by atoms with Crippen molar-refractivity contribution >= 4 is 52.2 Å². The van der Waals surface area contributed by atoms with Gasteiger partial charge in [-0.25, -0.2) is 0 Å². The molecule has 1 heterocycles. The van der Waals surface area contributed by atoms with Gasteiger partial charge in [-0.1, -0.05) is 29.3 Å². The molecule has 0 aliphatic carbocycles. The number of anilines is 2. The molecule has 0 saturated carbocycles. The van der Waals surface area contributed by atoms with Crippen LogP contribution in [0, 0.1) is 0 Å². The van der Waals surface area contributed by atoms with E-state index >= 15 is 0 Å². The first-order valence-corrected chi connectivity index (χ1v) is 11.1. The number of nitrogens with one attached hydrogen (secondary N) is 1. The maximum absolute atomic E-state index is 12.7. The minimum Gasteiger partial charge on any atom is -0.398 e. The van der Waals surface area contributed by atoms with Gasteiger partial charge in [0.15, 0.2) is 5.78 Å². The van der Waals surface area contributed by atoms with Gasteiger partial charge < -0.3 is 20.9 Å². The Morgan fingerprint density at radius 1 is 1.00 bits per heavy atom. The molecule has 1 aliphatic rings. The molecule has 0 unspecified atom stereocenters. The van der Waals surface area contributed by atoms with Crippen LogP contribution in [0.25, 0.3) is 0 Å². The average molecular weight is 477 g/mol. The van der Waals surface area contributed by atoms with Crippen molar-refractivity contribution in [2.45, 2.75) is 19.8 Å². The van der Waals surface area contributed by atoms with Crippen molar-refractivity contribution in [3.05, 3.63) is 57.6 Å². The lowest BCUT2D eigenvalue weighted by molar-refractivity contribution is -0.129. The molecule has 1 aliphatic heterocycles. The molecule has 2 aromatic carbocycles. The zero-order chi connectivity index (χ0) is 23.3. The van der Waals surface area contributed by atoms with Crippen LogP contribution >= 0.6 is 23.2 Å². The van der Waals surface area contributed by atoms with Gasteiger partial charge in [-0.05, 0) is 42.3 Å². The monoisotopic (exact) mass is 476 g/mol. The van der Waals surface area contributed by atoms with Crippen LogP contribution in [0.2, 0.25) is 10.0 Å². The molecular weight excluding hydrogens is 451 g/mol. The van der Waals surface area contributed by atoms with Gasteiger partial charge in [0.25, 0.3) is 5.91 Å². The third kappa shape index (κ3) is 6.14. The fourth-order valence-corrected chi connectivity index (χ4v) is 3.88. The summed E-state index contributed by atoms with van der Waals surface area (Å²) in [6, 6.07) is 10.5. The second-order valence-corrected chi connectivity index (χ2v) is 8.55. The van der Waals surface area contributed by atoms with Crippen molar-refractivity contribution in [3.8, 4) is 0 Å². The van der Waals surface area contributed by atoms with Crippen molar-refractivity contribution in [1.29, 1.82) is 0 Å². The van der Waals surface area contributed by atoms with Crippen LogP contribution in [-0.4, -0.2) is 55.2 Å². The molecule has 0 aromatic heterocycles. The first kappa shape index (κ1) is 23.9. The number of hydrogen-bond acceptors (Lipinski definition) is 5. The molecule has 0 atom stereocenters. The van der Waals surface area contributed by atoms with E-state index in [1.165, 1.54) is 0 Å². The van der Waals surface area contributed by atoms with Crippen LogP contribution in [0.3, 0.4) is 0 Å². The summed E-state index contributed by atoms with van der Waals surface area (Å²) in [6.45, 7) is 4.10. The first-order chi connectivity index (χ1) is 15.2. The Morgan fingerprint density at radius 2 is 1.72 bits per heavy atom. The Balaban J connectivity index is 1.54. The molecule has 170 valence electrons. The Morgan fingerprint density at radius 3 is 2.38 bits per heavy atom. The molecule has 32 heavy (non-hydrogen) atoms. The van der Waals surface area contributed by atoms with Crippen LogP contribution in [-0.2, 0) is 16.0 Å². The predicted molar refractivity (Wildman–Crippen MR) is 127 cm³/mol. The smallest absolute Gasteiger partial charge is 0.253 e. The third-order valence-electron chi connectivity index (χ3n) is 5.49. The predicted octanol–water partition coefficient (Wildman–Crippen LogP) is 3.18. The summed E-state index contributed by atoms with van der Waals surface area (Å²) in [5, 5.41) is 3.58. The van der Waals surface area contributed by atoms with E-state index in [1.54, 1.807) is 36.1 Å². The summed E-state index contributed by atoms with van der Waals surface area (Å²) >= 11 is 11.9. The zero-order valence-electron chi connectivity index (χ0n) is 17.9. The summed E-state index contributed by atoms with van der Waals surface area (Å²) in [6.07, 6.45) is 0.781. The molecule has 2 amide bonds. The highest BCUT2D eigenvalue weighted by Gasteiger charge is 2.20. The van der Waals surface area contributed by atoms with E-state index in [4.69, 9.17) is 28.9 Å². The summed E-state index contributed by atoms with van der Waals surface area (Å²) in [5.41, 5.74) is 8.44. The number of rotatable bonds is 7. The lowest BCUT2D eigenvalue weighted by Crippen LogP contribution is -2.48. The number of piperazine rings is 1. The Hall–Kier alpha value is -2.77. The van der Waals surface area contributed by atoms with Gasteiger partial charge in [-0.2, -0.15) is 0 Å². The van der Waals surface area contributed by atoms with Crippen molar-refractivity contribution in [2.75, 3.05) is 43.4 Å². The quantitative estimate of drug-likeness (QED) is 0.598. The van der Waals surface area contributed by atoms with Crippen LogP contribution < -0.4 is 16.0 Å². The van der Waals surface area contributed by atoms with E-state index in [1.807, 2.05) is 12.1 Å². The highest BCUT2D eigenvalue weighted by Crippen LogP contribution is 2.24. The number of aryl methyl sites for hydroxylation is 1. The Bertz CT molecular complexity index is 1020. The summed E-state index contributed by atoms with van der Waals surface area (Å²) in [5.74, 6) is -0.431. The largest absolute Gasteiger partial charge is 0.398 e. The number of nitrogens with two attached hydrogens (primary N) is 1. The number of carbonyl (C=O) groups excluding carboxylic acids is 3. The van der Waals surface area contributed by atoms with E-state index in [2.05, 4.69) is 10.2 Å². The van der Waals surface area contributed by atoms with Crippen molar-refractivity contribution in [3.63, 3.8) is 0 Å². The second-order valence-electron chi connectivity index (χ2n) is 7.73. The fraction of sp³-hybridized carbons (Fsp3) is 0.348. The van der Waals surface area contributed by atoms with E-state index in [0.29, 0.717) is 53.9 Å². The van der Waals surface area contributed by atoms with Crippen molar-refractivity contribution in [1.82, 2.24) is 10.2 Å². The number of nitrogen functional groups attached to an aromatic ring is 1. The first-order valence-electron chi connectivity index (χ1n) is 10.4. The maximum Gasteiger partial charge on any atom is 0.253 e. The van der Waals surface area contributed by atoms with Gasteiger partial charge in [-0.3, -0.25) is 14.4 Å². The third-order valence-corrected chi connectivity index (χ3v) is 6.23. The number of halogens is 2. The van der Waals surface area contributed by atoms with E-state index in [0.717, 1.165) is 11.3 Å². The standard InChI is InChI=1S/C23H26Cl2N4O3/c1-15(30)28-8-10-29(11-9-28)17-4-7-22(26)19(13-17)23(32)27-14-18(31)5-2-16-3-6-20(24)21(25)12-16/h3-4,6-7,12-13H,2,5,8-11,14,26H2,1H3,(H,27,32). The number of ketones is 1. The summed E-state index contributed by atoms with van der Waals surface area (Å²) < 4.78 is 0. The van der Waals surface area contributed by atoms with Crippen LogP contribution in [0.15, 0.2) is 36.4 Å². The number of carbonyl (C=O) groups is 3. The van der Waals surface area contributed by atoms with Gasteiger partial charge in [0.2, 0.25) is 5.91 Å². The molecule has 0 radical (unpaired) electrons. The molecule has 0 bridgehead atoms. The topological polar surface area (TPSA) is 95.7 Å². The lowest BCUT2D eigenvalue weighted by atomic mass is 10.1. The zero-order valence-corrected chi connectivity index (χ0v) is 19.4. The lowest BCUT2D eigenvalue weighted by Gasteiger charge is -2.35. The highest BCUT2D eigenvalue weighted by molar-refractivity contribution is 6.42. The molecule has 3 N–H and O–H groups in total. The van der Waals surface area contributed by atoms with Crippen LogP contribution in [0.1, 0.15) is 29.3 Å². The van der Waals surface area contributed by atoms with E-state index in [-0.39, 0.29) is 24.7 Å². The fourth-order valence-electron chi connectivity index (χ4n) is 3.56. The average Bonchev–Trinajstić information content (AvgIpc) is 2.78. The Kier molecular flexibility index (Phi) is 7.99. The molecule has 9 heteroatoms. The van der Waals surface area contributed by atoms with E-state index in [9.17, 15) is 14.4 Å². The molecule has 1 saturated heterocycles. The second kappa shape index (κ2) is 10.7. The molecule has 0 spiro atoms. The van der Waals surface area contributed by atoms with Gasteiger partial charge in [-0.15, -0.1) is 0 Å². The number of amides is 2. The number of benzene rings is 2. The SMILES string of the molecule is CC(=O)N1CCN(c2ccc(N)c(C(=O)NCC(=O)CCc3ccc(Cl)c(Cl)c3)c2)CC1. The number of Topliss-reactive ketones (excluding diaryl/α,β-unsaturated/α-hetero) is 1. The van der Waals surface area contributed by atoms with Gasteiger partial charge in [0.05, 0.1) is 22.2 Å². The number of hydrogen-bond donors (Lipinski definition) is 2. The summed E-state index contributed by atoms with van der Waals surface area (Å²) in [7, 11) is 0. The van der Waals surface area contributed by atoms with Crippen LogP contribution in [0.5, 0.6) is 0 Å². The summed E-state index contributed by atoms with van der Waals surface area (Å²) in [4.78, 5) is 40.3. The molecule has 1 fully saturated rings. The minimum atomic E-state index is -0.394. The maximum atomic E-state index is 12.7. The molecule has 3 rings (SSSR count). The van der Waals surface area contributed by atoms with Crippen LogP contribution in [0.4, 0.5) is 11.4 Å². The minimum absolute atomic E-state index is 0.0610. The van der Waals surface area contributed by atoms with Gasteiger partial charge in [0, 0.05) is 50.9 Å². The van der Waals surface area contributed by atoms with Gasteiger partial charge in [0.1, 0.15) is 0 Å². The number of nitrogens with zero attached hydrogens (tertiary/aromatic N) is 2. The molecule has 2 aromatic rings. The van der Waals surface area contributed by atoms with Gasteiger partial charge >= 0.3 is 0 Å². The van der Waals surface area contributed by atoms with Crippen molar-refractivity contribution < 1.29 is 14.4 Å². The Labute approximate surface area is 197 Å².